The van der Waals surface area contributed by atoms with Crippen LogP contribution in [0.5, 0.6) is 5.75 Å². The van der Waals surface area contributed by atoms with Crippen molar-refractivity contribution in [3.63, 3.8) is 0 Å². The van der Waals surface area contributed by atoms with Crippen molar-refractivity contribution in [2.45, 2.75) is 0 Å². The molecule has 0 fully saturated rings. The van der Waals surface area contributed by atoms with E-state index in [2.05, 4.69) is 33.0 Å². The standard InChI is InChI=1S/C25H18N3O2.C3H5O2.Y/c1-29-20-14-12-17(13-15-20)21-22-24(28-19-10-6-3-7-11-19)26-16-27-25(22)30-23(21)18-8-4-2-5-9-18;1-3(4)5-2;/h2-6,8-16H,1H3,(H,26,27,28);1H2,2H3;/q2*-1;. The quantitative estimate of drug-likeness (QED) is 0.208. The van der Waals surface area contributed by atoms with Crippen molar-refractivity contribution in [2.75, 3.05) is 19.5 Å². The van der Waals surface area contributed by atoms with Gasteiger partial charge >= 0.3 is 0 Å². The van der Waals surface area contributed by atoms with Crippen LogP contribution in [-0.4, -0.2) is 30.2 Å². The second-order valence-corrected chi connectivity index (χ2v) is 7.30. The summed E-state index contributed by atoms with van der Waals surface area (Å²) in [5, 5.41) is 4.20. The molecule has 36 heavy (non-hydrogen) atoms. The molecule has 1 radical (unpaired) electrons. The Bertz CT molecular complexity index is 1410. The molecule has 1 N–H and O–H groups in total. The SMILES string of the molecule is COc1ccc(-c2c(-c3ccccc3)oc3ncnc(Nc4c[c-]ccc4)c23)cc1.[CH2-]C(=O)OC.[Y]. The summed E-state index contributed by atoms with van der Waals surface area (Å²) in [6.45, 7) is 2.90. The number of aromatic nitrogens is 2. The predicted octanol–water partition coefficient (Wildman–Crippen LogP) is 6.10. The minimum atomic E-state index is -0.495. The molecular formula is C28H23N3O4Y-2. The second-order valence-electron chi connectivity index (χ2n) is 7.30. The van der Waals surface area contributed by atoms with Crippen LogP contribution in [0, 0.1) is 13.0 Å². The molecule has 0 aliphatic carbocycles. The van der Waals surface area contributed by atoms with Crippen LogP contribution in [0.25, 0.3) is 33.6 Å². The third-order valence-electron chi connectivity index (χ3n) is 5.10. The molecule has 0 bridgehead atoms. The molecule has 2 heterocycles. The van der Waals surface area contributed by atoms with Gasteiger partial charge in [0.2, 0.25) is 5.71 Å². The van der Waals surface area contributed by atoms with E-state index in [1.54, 1.807) is 7.11 Å². The Morgan fingerprint density at radius 2 is 1.69 bits per heavy atom. The molecular weight excluding hydrogens is 531 g/mol. The monoisotopic (exact) mass is 554 g/mol. The van der Waals surface area contributed by atoms with E-state index in [0.29, 0.717) is 11.5 Å². The Labute approximate surface area is 234 Å². The van der Waals surface area contributed by atoms with E-state index in [4.69, 9.17) is 9.15 Å². The molecule has 0 saturated heterocycles. The van der Waals surface area contributed by atoms with Gasteiger partial charge in [-0.1, -0.05) is 48.2 Å². The van der Waals surface area contributed by atoms with Crippen molar-refractivity contribution in [3.8, 4) is 28.2 Å². The van der Waals surface area contributed by atoms with E-state index in [-0.39, 0.29) is 32.7 Å². The maximum absolute atomic E-state index is 9.48. The molecule has 5 rings (SSSR count). The molecule has 0 aliphatic rings. The summed E-state index contributed by atoms with van der Waals surface area (Å²) in [6.07, 6.45) is 1.51. The van der Waals surface area contributed by atoms with E-state index in [0.717, 1.165) is 39.3 Å². The summed E-state index contributed by atoms with van der Waals surface area (Å²) in [4.78, 5) is 18.4. The first-order valence-corrected chi connectivity index (χ1v) is 10.7. The van der Waals surface area contributed by atoms with Gasteiger partial charge in [0.25, 0.3) is 0 Å². The molecule has 3 aromatic carbocycles. The van der Waals surface area contributed by atoms with Crippen molar-refractivity contribution in [3.05, 3.63) is 98.2 Å². The number of hydrogen-bond acceptors (Lipinski definition) is 7. The van der Waals surface area contributed by atoms with Gasteiger partial charge in [-0.2, -0.15) is 24.3 Å². The Balaban J connectivity index is 0.000000551. The summed E-state index contributed by atoms with van der Waals surface area (Å²) in [6, 6.07) is 28.6. The fourth-order valence-corrected chi connectivity index (χ4v) is 3.46. The normalized spacial score (nSPS) is 9.94. The van der Waals surface area contributed by atoms with Gasteiger partial charge in [0.1, 0.15) is 23.7 Å². The first-order chi connectivity index (χ1) is 17.1. The Morgan fingerprint density at radius 3 is 2.31 bits per heavy atom. The number of rotatable bonds is 5. The molecule has 0 amide bonds. The van der Waals surface area contributed by atoms with Gasteiger partial charge in [0, 0.05) is 43.8 Å². The Hall–Kier alpha value is -3.68. The second kappa shape index (κ2) is 12.9. The summed E-state index contributed by atoms with van der Waals surface area (Å²) in [5.41, 5.74) is 4.31. The third kappa shape index (κ3) is 6.30. The van der Waals surface area contributed by atoms with Crippen molar-refractivity contribution in [2.24, 2.45) is 0 Å². The first kappa shape index (κ1) is 26.9. The number of fused-ring (bicyclic) bond motifs is 1. The van der Waals surface area contributed by atoms with Crippen LogP contribution in [0.4, 0.5) is 11.5 Å². The number of carbonyl (C=O) groups is 1. The van der Waals surface area contributed by atoms with Gasteiger partial charge in [-0.05, 0) is 17.7 Å². The topological polar surface area (TPSA) is 86.5 Å². The fourth-order valence-electron chi connectivity index (χ4n) is 3.46. The van der Waals surface area contributed by atoms with Crippen molar-refractivity contribution in [1.29, 1.82) is 0 Å². The molecule has 0 spiro atoms. The number of benzene rings is 3. The van der Waals surface area contributed by atoms with Crippen LogP contribution in [0.3, 0.4) is 0 Å². The summed E-state index contributed by atoms with van der Waals surface area (Å²) in [7, 11) is 2.94. The molecule has 7 nitrogen and oxygen atoms in total. The largest absolute Gasteiger partial charge is 0.497 e. The molecule has 179 valence electrons. The van der Waals surface area contributed by atoms with Gasteiger partial charge in [0.15, 0.2) is 5.97 Å². The van der Waals surface area contributed by atoms with Crippen molar-refractivity contribution in [1.82, 2.24) is 9.97 Å². The molecule has 0 saturated carbocycles. The van der Waals surface area contributed by atoms with Gasteiger partial charge in [-0.3, -0.25) is 11.7 Å². The number of esters is 1. The molecule has 0 unspecified atom stereocenters. The van der Waals surface area contributed by atoms with Gasteiger partial charge in [-0.25, -0.2) is 9.97 Å². The van der Waals surface area contributed by atoms with Crippen LogP contribution in [-0.2, 0) is 42.2 Å². The number of nitrogens with one attached hydrogen (secondary N) is 1. The molecule has 0 aliphatic heterocycles. The van der Waals surface area contributed by atoms with E-state index < -0.39 is 5.97 Å². The molecule has 2 aromatic heterocycles. The first-order valence-electron chi connectivity index (χ1n) is 10.7. The number of anilines is 2. The Morgan fingerprint density at radius 1 is 0.972 bits per heavy atom. The summed E-state index contributed by atoms with van der Waals surface area (Å²) in [5.74, 6) is 1.72. The maximum atomic E-state index is 9.48. The smallest absolute Gasteiger partial charge is 0.232 e. The minimum Gasteiger partial charge on any atom is -0.497 e. The zero-order chi connectivity index (χ0) is 24.6. The average molecular weight is 554 g/mol. The van der Waals surface area contributed by atoms with E-state index in [1.807, 2.05) is 78.9 Å². The summed E-state index contributed by atoms with van der Waals surface area (Å²) >= 11 is 0. The van der Waals surface area contributed by atoms with Crippen molar-refractivity contribution >= 4 is 28.6 Å². The van der Waals surface area contributed by atoms with Gasteiger partial charge in [0.05, 0.1) is 19.6 Å². The number of ether oxygens (including phenoxy) is 2. The number of carbonyl (C=O) groups excluding carboxylic acids is 1. The fraction of sp³-hybridized carbons (Fsp3) is 0.0714. The van der Waals surface area contributed by atoms with E-state index in [9.17, 15) is 4.79 Å². The van der Waals surface area contributed by atoms with E-state index >= 15 is 0 Å². The van der Waals surface area contributed by atoms with Crippen molar-refractivity contribution < 1.29 is 51.4 Å². The average Bonchev–Trinajstić information content (AvgIpc) is 3.31. The third-order valence-corrected chi connectivity index (χ3v) is 5.10. The maximum Gasteiger partial charge on any atom is 0.232 e. The van der Waals surface area contributed by atoms with Gasteiger partial charge in [-0.15, -0.1) is 6.07 Å². The van der Waals surface area contributed by atoms with Crippen LogP contribution < -0.4 is 10.1 Å². The summed E-state index contributed by atoms with van der Waals surface area (Å²) < 4.78 is 15.6. The van der Waals surface area contributed by atoms with Crippen LogP contribution >= 0.6 is 0 Å². The molecule has 8 heteroatoms. The minimum absolute atomic E-state index is 0. The van der Waals surface area contributed by atoms with Crippen LogP contribution in [0.15, 0.2) is 89.6 Å². The van der Waals surface area contributed by atoms with Crippen LogP contribution in [0.2, 0.25) is 0 Å². The molecule has 5 aromatic rings. The number of methoxy groups -OCH3 is 2. The van der Waals surface area contributed by atoms with E-state index in [1.165, 1.54) is 13.4 Å². The molecule has 0 atom stereocenters. The number of furan rings is 1. The van der Waals surface area contributed by atoms with Crippen LogP contribution in [0.1, 0.15) is 0 Å². The zero-order valence-corrected chi connectivity index (χ0v) is 22.7. The van der Waals surface area contributed by atoms with Gasteiger partial charge < -0.3 is 19.2 Å². The predicted molar refractivity (Wildman–Crippen MR) is 135 cm³/mol. The Kier molecular flexibility index (Phi) is 9.62. The zero-order valence-electron chi connectivity index (χ0n) is 19.9. The number of hydrogen-bond donors (Lipinski definition) is 1. The number of nitrogens with zero attached hydrogens (tertiary/aromatic N) is 2.